The monoisotopic (exact) mass is 422 g/mol. The van der Waals surface area contributed by atoms with Gasteiger partial charge in [-0.05, 0) is 41.1 Å². The van der Waals surface area contributed by atoms with Crippen LogP contribution in [0.1, 0.15) is 34.1 Å². The zero-order chi connectivity index (χ0) is 21.1. The van der Waals surface area contributed by atoms with Crippen LogP contribution in [-0.2, 0) is 14.3 Å². The van der Waals surface area contributed by atoms with Gasteiger partial charge in [-0.2, -0.15) is 4.68 Å². The Kier molecular flexibility index (Phi) is 10.1. The van der Waals surface area contributed by atoms with Crippen molar-refractivity contribution in [2.45, 2.75) is 44.5 Å². The van der Waals surface area contributed by atoms with Gasteiger partial charge in [0.2, 0.25) is 5.16 Å². The molecular weight excluding hydrogens is 392 g/mol. The van der Waals surface area contributed by atoms with Crippen LogP contribution in [0.2, 0.25) is 0 Å². The Morgan fingerprint density at radius 3 is 2.45 bits per heavy atom. The number of ketones is 1. The summed E-state index contributed by atoms with van der Waals surface area (Å²) in [6.45, 7) is 9.98. The first kappa shape index (κ1) is 23.3. The van der Waals surface area contributed by atoms with Crippen molar-refractivity contribution in [3.05, 3.63) is 24.3 Å². The van der Waals surface area contributed by atoms with Crippen molar-refractivity contribution in [2.75, 3.05) is 33.0 Å². The summed E-state index contributed by atoms with van der Waals surface area (Å²) < 4.78 is 18.2. The molecule has 0 radical (unpaired) electrons. The highest BCUT2D eigenvalue weighted by molar-refractivity contribution is 7.99. The van der Waals surface area contributed by atoms with E-state index in [0.717, 1.165) is 23.0 Å². The number of benzene rings is 1. The molecule has 0 spiro atoms. The molecule has 2 rings (SSSR count). The molecular formula is C20H30N4O4S. The van der Waals surface area contributed by atoms with Crippen LogP contribution in [0.15, 0.2) is 29.4 Å². The first-order valence-electron chi connectivity index (χ1n) is 9.87. The fraction of sp³-hybridized carbons (Fsp3) is 0.600. The van der Waals surface area contributed by atoms with Crippen LogP contribution in [0, 0.1) is 5.92 Å². The van der Waals surface area contributed by atoms with E-state index < -0.39 is 0 Å². The van der Waals surface area contributed by atoms with Crippen LogP contribution in [-0.4, -0.2) is 64.3 Å². The predicted molar refractivity (Wildman–Crippen MR) is 112 cm³/mol. The lowest BCUT2D eigenvalue weighted by Gasteiger charge is -2.10. The molecule has 9 heteroatoms. The number of hydrogen-bond donors (Lipinski definition) is 0. The Hall–Kier alpha value is -1.97. The number of carbonyl (C=O) groups is 1. The van der Waals surface area contributed by atoms with Gasteiger partial charge in [-0.25, -0.2) is 0 Å². The molecule has 8 nitrogen and oxygen atoms in total. The molecule has 0 fully saturated rings. The molecule has 0 aliphatic rings. The summed E-state index contributed by atoms with van der Waals surface area (Å²) in [7, 11) is 0. The molecule has 1 atom stereocenters. The van der Waals surface area contributed by atoms with E-state index in [1.807, 2.05) is 38.1 Å². The second-order valence-corrected chi connectivity index (χ2v) is 8.37. The molecule has 0 aliphatic heterocycles. The van der Waals surface area contributed by atoms with Crippen molar-refractivity contribution in [2.24, 2.45) is 5.92 Å². The highest BCUT2D eigenvalue weighted by Gasteiger charge is 2.11. The number of Topliss-reactive ketones (excluding diaryl/α,β-unsaturated/α-hetero) is 1. The molecule has 29 heavy (non-hydrogen) atoms. The van der Waals surface area contributed by atoms with Crippen molar-refractivity contribution in [3.63, 3.8) is 0 Å². The minimum absolute atomic E-state index is 0.0528. The number of tetrazole rings is 1. The van der Waals surface area contributed by atoms with Crippen LogP contribution in [0.3, 0.4) is 0 Å². The average Bonchev–Trinajstić information content (AvgIpc) is 3.16. The van der Waals surface area contributed by atoms with E-state index in [4.69, 9.17) is 14.2 Å². The van der Waals surface area contributed by atoms with Gasteiger partial charge in [-0.1, -0.05) is 39.5 Å². The summed E-state index contributed by atoms with van der Waals surface area (Å²) in [5.74, 6) is 0.937. The number of thioether (sulfide) groups is 1. The third kappa shape index (κ3) is 8.12. The quantitative estimate of drug-likeness (QED) is 0.339. The third-order valence-corrected chi connectivity index (χ3v) is 5.07. The van der Waals surface area contributed by atoms with Gasteiger partial charge in [0, 0.05) is 11.2 Å². The Morgan fingerprint density at radius 2 is 1.76 bits per heavy atom. The van der Waals surface area contributed by atoms with Gasteiger partial charge < -0.3 is 14.2 Å². The number of carbonyl (C=O) groups excluding carboxylic acids is 1. The second kappa shape index (κ2) is 12.6. The van der Waals surface area contributed by atoms with E-state index in [9.17, 15) is 4.79 Å². The van der Waals surface area contributed by atoms with Crippen LogP contribution >= 0.6 is 11.8 Å². The molecule has 2 aromatic rings. The number of aromatic nitrogens is 4. The van der Waals surface area contributed by atoms with Crippen molar-refractivity contribution < 1.29 is 19.0 Å². The fourth-order valence-corrected chi connectivity index (χ4v) is 3.04. The molecule has 0 amide bonds. The molecule has 1 aromatic carbocycles. The number of ether oxygens (including phenoxy) is 3. The van der Waals surface area contributed by atoms with E-state index in [2.05, 4.69) is 29.4 Å². The molecule has 0 bridgehead atoms. The molecule has 1 aromatic heterocycles. The lowest BCUT2D eigenvalue weighted by molar-refractivity contribution is -0.127. The van der Waals surface area contributed by atoms with E-state index in [1.54, 1.807) is 16.4 Å². The van der Waals surface area contributed by atoms with E-state index in [-0.39, 0.29) is 18.3 Å². The maximum atomic E-state index is 11.6. The number of nitrogens with zero attached hydrogens (tertiary/aromatic N) is 4. The minimum Gasteiger partial charge on any atom is -0.491 e. The Bertz CT molecular complexity index is 736. The highest BCUT2D eigenvalue weighted by atomic mass is 32.2. The van der Waals surface area contributed by atoms with Gasteiger partial charge in [-0.3, -0.25) is 4.79 Å². The van der Waals surface area contributed by atoms with E-state index in [1.165, 1.54) is 0 Å². The summed E-state index contributed by atoms with van der Waals surface area (Å²) in [6, 6.07) is 7.59. The zero-order valence-electron chi connectivity index (χ0n) is 17.5. The van der Waals surface area contributed by atoms with Crippen molar-refractivity contribution >= 4 is 17.5 Å². The van der Waals surface area contributed by atoms with Gasteiger partial charge in [0.05, 0.1) is 25.5 Å². The predicted octanol–water partition coefficient (Wildman–Crippen LogP) is 3.19. The van der Waals surface area contributed by atoms with Crippen LogP contribution < -0.4 is 4.74 Å². The maximum absolute atomic E-state index is 11.6. The fourth-order valence-electron chi connectivity index (χ4n) is 2.29. The summed E-state index contributed by atoms with van der Waals surface area (Å²) in [6.07, 6.45) is 0.838. The molecule has 0 saturated carbocycles. The van der Waals surface area contributed by atoms with Crippen LogP contribution in [0.5, 0.6) is 5.75 Å². The van der Waals surface area contributed by atoms with Crippen LogP contribution in [0.25, 0.3) is 5.69 Å². The Labute approximate surface area is 176 Å². The number of rotatable bonds is 14. The first-order valence-corrected chi connectivity index (χ1v) is 10.8. The maximum Gasteiger partial charge on any atom is 0.214 e. The van der Waals surface area contributed by atoms with E-state index >= 15 is 0 Å². The normalized spacial score (nSPS) is 12.3. The van der Waals surface area contributed by atoms with E-state index in [0.29, 0.717) is 31.7 Å². The largest absolute Gasteiger partial charge is 0.491 e. The highest BCUT2D eigenvalue weighted by Crippen LogP contribution is 2.23. The topological polar surface area (TPSA) is 88.4 Å². The van der Waals surface area contributed by atoms with Crippen molar-refractivity contribution in [1.29, 1.82) is 0 Å². The van der Waals surface area contributed by atoms with Crippen LogP contribution in [0.4, 0.5) is 0 Å². The zero-order valence-corrected chi connectivity index (χ0v) is 18.4. The van der Waals surface area contributed by atoms with Gasteiger partial charge in [0.15, 0.2) is 5.78 Å². The minimum atomic E-state index is 0.0528. The smallest absolute Gasteiger partial charge is 0.214 e. The standard InChI is InChI=1S/C20H30N4O4S/c1-5-16(4)19(25)14-27-11-10-26-12-13-28-18-8-6-17(7-9-18)24-20(21-22-23-24)29-15(2)3/h6-9,15-16H,5,10-14H2,1-4H3. The van der Waals surface area contributed by atoms with Gasteiger partial charge in [-0.15, -0.1) is 5.10 Å². The first-order chi connectivity index (χ1) is 14.0. The molecule has 0 saturated heterocycles. The lowest BCUT2D eigenvalue weighted by atomic mass is 10.1. The molecule has 1 heterocycles. The second-order valence-electron chi connectivity index (χ2n) is 6.82. The SMILES string of the molecule is CCC(C)C(=O)COCCOCCOc1ccc(-n2nnnc2SC(C)C)cc1. The summed E-state index contributed by atoms with van der Waals surface area (Å²) in [5.41, 5.74) is 0.880. The summed E-state index contributed by atoms with van der Waals surface area (Å²) >= 11 is 1.61. The van der Waals surface area contributed by atoms with Crippen molar-refractivity contribution in [1.82, 2.24) is 20.2 Å². The summed E-state index contributed by atoms with van der Waals surface area (Å²) in [5, 5.41) is 13.0. The van der Waals surface area contributed by atoms with Crippen molar-refractivity contribution in [3.8, 4) is 11.4 Å². The number of hydrogen-bond acceptors (Lipinski definition) is 8. The summed E-state index contributed by atoms with van der Waals surface area (Å²) in [4.78, 5) is 11.6. The molecule has 1 unspecified atom stereocenters. The van der Waals surface area contributed by atoms with Gasteiger partial charge >= 0.3 is 0 Å². The molecule has 0 N–H and O–H groups in total. The molecule has 0 aliphatic carbocycles. The lowest BCUT2D eigenvalue weighted by Crippen LogP contribution is -2.19. The van der Waals surface area contributed by atoms with Gasteiger partial charge in [0.1, 0.15) is 19.0 Å². The Morgan fingerprint density at radius 1 is 1.07 bits per heavy atom. The average molecular weight is 423 g/mol. The third-order valence-electron chi connectivity index (χ3n) is 4.14. The molecule has 160 valence electrons. The van der Waals surface area contributed by atoms with Gasteiger partial charge in [0.25, 0.3) is 0 Å². The Balaban J connectivity index is 1.63.